The van der Waals surface area contributed by atoms with E-state index in [4.69, 9.17) is 4.74 Å². The fourth-order valence-corrected chi connectivity index (χ4v) is 3.38. The third kappa shape index (κ3) is 4.75. The minimum Gasteiger partial charge on any atom is -0.493 e. The number of piperidine rings is 1. The SMILES string of the molecule is FC(F)(F)c1ccc(OCC(c2ccccc2)C2CCNCC2)cc1. The quantitative estimate of drug-likeness (QED) is 0.832. The number of alkyl halides is 3. The third-order valence-electron chi connectivity index (χ3n) is 4.79. The van der Waals surface area contributed by atoms with Crippen LogP contribution in [0, 0.1) is 5.92 Å². The van der Waals surface area contributed by atoms with Gasteiger partial charge in [0.15, 0.2) is 0 Å². The van der Waals surface area contributed by atoms with Crippen molar-refractivity contribution in [3.63, 3.8) is 0 Å². The molecule has 3 rings (SSSR count). The maximum atomic E-state index is 12.7. The molecule has 1 saturated heterocycles. The molecule has 0 saturated carbocycles. The second-order valence-electron chi connectivity index (χ2n) is 6.44. The van der Waals surface area contributed by atoms with E-state index in [0.717, 1.165) is 38.1 Å². The first-order valence-electron chi connectivity index (χ1n) is 8.60. The van der Waals surface area contributed by atoms with Crippen molar-refractivity contribution in [3.8, 4) is 5.75 Å². The lowest BCUT2D eigenvalue weighted by Crippen LogP contribution is -2.32. The molecule has 0 aromatic heterocycles. The molecule has 2 aromatic rings. The average Bonchev–Trinajstić information content (AvgIpc) is 2.63. The van der Waals surface area contributed by atoms with Gasteiger partial charge in [0, 0.05) is 5.92 Å². The van der Waals surface area contributed by atoms with Crippen molar-refractivity contribution in [2.24, 2.45) is 5.92 Å². The molecule has 1 heterocycles. The fraction of sp³-hybridized carbons (Fsp3) is 0.400. The summed E-state index contributed by atoms with van der Waals surface area (Å²) in [5.41, 5.74) is 0.569. The Labute approximate surface area is 146 Å². The van der Waals surface area contributed by atoms with Crippen LogP contribution >= 0.6 is 0 Å². The molecule has 1 unspecified atom stereocenters. The van der Waals surface area contributed by atoms with Gasteiger partial charge in [-0.25, -0.2) is 0 Å². The smallest absolute Gasteiger partial charge is 0.416 e. The molecule has 0 radical (unpaired) electrons. The molecule has 0 amide bonds. The van der Waals surface area contributed by atoms with Crippen LogP contribution in [0.4, 0.5) is 13.2 Å². The number of hydrogen-bond donors (Lipinski definition) is 1. The van der Waals surface area contributed by atoms with Crippen molar-refractivity contribution in [2.75, 3.05) is 19.7 Å². The number of benzene rings is 2. The Morgan fingerprint density at radius 1 is 0.960 bits per heavy atom. The van der Waals surface area contributed by atoms with Gasteiger partial charge in [0.25, 0.3) is 0 Å². The number of halogens is 3. The minimum atomic E-state index is -4.32. The Balaban J connectivity index is 1.70. The van der Waals surface area contributed by atoms with Crippen molar-refractivity contribution < 1.29 is 17.9 Å². The van der Waals surface area contributed by atoms with E-state index in [2.05, 4.69) is 17.4 Å². The summed E-state index contributed by atoms with van der Waals surface area (Å²) in [6, 6.07) is 15.1. The summed E-state index contributed by atoms with van der Waals surface area (Å²) in [7, 11) is 0. The number of ether oxygens (including phenoxy) is 1. The molecule has 0 aliphatic carbocycles. The average molecular weight is 349 g/mol. The molecule has 5 heteroatoms. The van der Waals surface area contributed by atoms with E-state index in [1.54, 1.807) is 0 Å². The highest BCUT2D eigenvalue weighted by molar-refractivity contribution is 5.29. The van der Waals surface area contributed by atoms with Crippen LogP contribution in [0.1, 0.15) is 29.9 Å². The molecule has 1 N–H and O–H groups in total. The molecule has 0 spiro atoms. The first kappa shape index (κ1) is 17.8. The van der Waals surface area contributed by atoms with Crippen LogP contribution < -0.4 is 10.1 Å². The maximum absolute atomic E-state index is 12.7. The normalized spacial score (nSPS) is 17.2. The van der Waals surface area contributed by atoms with Crippen LogP contribution in [0.2, 0.25) is 0 Å². The second-order valence-corrected chi connectivity index (χ2v) is 6.44. The van der Waals surface area contributed by atoms with Crippen LogP contribution in [-0.2, 0) is 6.18 Å². The number of nitrogens with one attached hydrogen (secondary N) is 1. The Morgan fingerprint density at radius 2 is 1.60 bits per heavy atom. The molecule has 2 nitrogen and oxygen atoms in total. The van der Waals surface area contributed by atoms with Crippen molar-refractivity contribution in [1.82, 2.24) is 5.32 Å². The predicted octanol–water partition coefficient (Wildman–Crippen LogP) is 4.87. The molecular formula is C20H22F3NO. The van der Waals surface area contributed by atoms with Gasteiger partial charge in [-0.2, -0.15) is 13.2 Å². The molecule has 1 fully saturated rings. The maximum Gasteiger partial charge on any atom is 0.416 e. The number of hydrogen-bond acceptors (Lipinski definition) is 2. The molecule has 0 bridgehead atoms. The second kappa shape index (κ2) is 7.91. The van der Waals surface area contributed by atoms with Crippen molar-refractivity contribution in [1.29, 1.82) is 0 Å². The summed E-state index contributed by atoms with van der Waals surface area (Å²) in [4.78, 5) is 0. The van der Waals surface area contributed by atoms with E-state index < -0.39 is 11.7 Å². The standard InChI is InChI=1S/C20H22F3NO/c21-20(22,23)17-6-8-18(9-7-17)25-14-19(15-4-2-1-3-5-15)16-10-12-24-13-11-16/h1-9,16,19,24H,10-14H2. The first-order chi connectivity index (χ1) is 12.0. The molecule has 2 aromatic carbocycles. The Bertz CT molecular complexity index is 649. The summed E-state index contributed by atoms with van der Waals surface area (Å²) >= 11 is 0. The highest BCUT2D eigenvalue weighted by Gasteiger charge is 2.30. The van der Waals surface area contributed by atoms with Gasteiger partial charge in [0.2, 0.25) is 0 Å². The summed E-state index contributed by atoms with van der Waals surface area (Å²) in [6.07, 6.45) is -2.16. The molecule has 1 atom stereocenters. The van der Waals surface area contributed by atoms with Crippen LogP contribution in [0.5, 0.6) is 5.75 Å². The summed E-state index contributed by atoms with van der Waals surface area (Å²) < 4.78 is 43.8. The summed E-state index contributed by atoms with van der Waals surface area (Å²) in [5, 5.41) is 3.37. The van der Waals surface area contributed by atoms with E-state index in [1.807, 2.05) is 18.2 Å². The number of rotatable bonds is 5. The van der Waals surface area contributed by atoms with E-state index in [0.29, 0.717) is 18.3 Å². The highest BCUT2D eigenvalue weighted by Crippen LogP contribution is 2.33. The predicted molar refractivity (Wildman–Crippen MR) is 91.7 cm³/mol. The lowest BCUT2D eigenvalue weighted by molar-refractivity contribution is -0.137. The van der Waals surface area contributed by atoms with Gasteiger partial charge in [0.1, 0.15) is 5.75 Å². The zero-order chi connectivity index (χ0) is 17.7. The molecular weight excluding hydrogens is 327 g/mol. The van der Waals surface area contributed by atoms with Crippen molar-refractivity contribution in [3.05, 3.63) is 65.7 Å². The third-order valence-corrected chi connectivity index (χ3v) is 4.79. The van der Waals surface area contributed by atoms with Crippen LogP contribution in [0.3, 0.4) is 0 Å². The van der Waals surface area contributed by atoms with E-state index in [1.165, 1.54) is 17.7 Å². The molecule has 1 aliphatic heterocycles. The summed E-state index contributed by atoms with van der Waals surface area (Å²) in [5.74, 6) is 1.23. The summed E-state index contributed by atoms with van der Waals surface area (Å²) in [6.45, 7) is 2.46. The van der Waals surface area contributed by atoms with Crippen LogP contribution in [0.25, 0.3) is 0 Å². The molecule has 1 aliphatic rings. The minimum absolute atomic E-state index is 0.241. The van der Waals surface area contributed by atoms with Crippen LogP contribution in [0.15, 0.2) is 54.6 Å². The van der Waals surface area contributed by atoms with Gasteiger partial charge in [-0.3, -0.25) is 0 Å². The van der Waals surface area contributed by atoms with E-state index in [-0.39, 0.29) is 5.92 Å². The van der Waals surface area contributed by atoms with Crippen molar-refractivity contribution >= 4 is 0 Å². The Hall–Kier alpha value is -2.01. The van der Waals surface area contributed by atoms with Gasteiger partial charge in [-0.15, -0.1) is 0 Å². The molecule has 25 heavy (non-hydrogen) atoms. The van der Waals surface area contributed by atoms with Gasteiger partial charge < -0.3 is 10.1 Å². The highest BCUT2D eigenvalue weighted by atomic mass is 19.4. The largest absolute Gasteiger partial charge is 0.493 e. The topological polar surface area (TPSA) is 21.3 Å². The van der Waals surface area contributed by atoms with Gasteiger partial charge >= 0.3 is 6.18 Å². The van der Waals surface area contributed by atoms with Gasteiger partial charge in [0.05, 0.1) is 12.2 Å². The first-order valence-corrected chi connectivity index (χ1v) is 8.60. The van der Waals surface area contributed by atoms with Crippen molar-refractivity contribution in [2.45, 2.75) is 24.9 Å². The Morgan fingerprint density at radius 3 is 2.20 bits per heavy atom. The zero-order valence-corrected chi connectivity index (χ0v) is 13.9. The lowest BCUT2D eigenvalue weighted by atomic mass is 9.81. The van der Waals surface area contributed by atoms with Gasteiger partial charge in [-0.1, -0.05) is 30.3 Å². The Kier molecular flexibility index (Phi) is 5.63. The fourth-order valence-electron chi connectivity index (χ4n) is 3.38. The van der Waals surface area contributed by atoms with E-state index >= 15 is 0 Å². The van der Waals surface area contributed by atoms with Crippen LogP contribution in [-0.4, -0.2) is 19.7 Å². The molecule has 134 valence electrons. The lowest BCUT2D eigenvalue weighted by Gasteiger charge is -2.31. The van der Waals surface area contributed by atoms with E-state index in [9.17, 15) is 13.2 Å². The van der Waals surface area contributed by atoms with Gasteiger partial charge in [-0.05, 0) is 61.7 Å². The monoisotopic (exact) mass is 349 g/mol. The zero-order valence-electron chi connectivity index (χ0n) is 13.9.